The number of nitrogens with one attached hydrogen (secondary N) is 2. The van der Waals surface area contributed by atoms with E-state index in [0.717, 1.165) is 31.2 Å². The van der Waals surface area contributed by atoms with Crippen molar-refractivity contribution < 1.29 is 4.92 Å². The topological polar surface area (TPSA) is 93.0 Å². The van der Waals surface area contributed by atoms with E-state index in [2.05, 4.69) is 20.6 Å². The summed E-state index contributed by atoms with van der Waals surface area (Å²) >= 11 is 6.15. The highest BCUT2D eigenvalue weighted by molar-refractivity contribution is 6.31. The number of rotatable bonds is 6. The van der Waals surface area contributed by atoms with Gasteiger partial charge in [-0.2, -0.15) is 0 Å². The molecule has 26 heavy (non-hydrogen) atoms. The van der Waals surface area contributed by atoms with Gasteiger partial charge in [0.1, 0.15) is 6.33 Å². The van der Waals surface area contributed by atoms with Gasteiger partial charge in [-0.3, -0.25) is 10.1 Å². The van der Waals surface area contributed by atoms with Gasteiger partial charge in [0.25, 0.3) is 0 Å². The second-order valence-corrected chi connectivity index (χ2v) is 6.86. The normalized spacial score (nSPS) is 15.3. The van der Waals surface area contributed by atoms with Gasteiger partial charge in [0, 0.05) is 17.6 Å². The molecule has 3 rings (SSSR count). The molecular formula is C18H22ClN5O2. The predicted octanol–water partition coefficient (Wildman–Crippen LogP) is 4.79. The third-order valence-corrected chi connectivity index (χ3v) is 4.97. The third-order valence-electron chi connectivity index (χ3n) is 4.60. The molecular weight excluding hydrogens is 354 g/mol. The van der Waals surface area contributed by atoms with Crippen LogP contribution in [0, 0.1) is 10.1 Å². The van der Waals surface area contributed by atoms with E-state index in [9.17, 15) is 10.1 Å². The number of nitrogens with zero attached hydrogens (tertiary/aromatic N) is 3. The first kappa shape index (κ1) is 18.4. The maximum absolute atomic E-state index is 11.6. The summed E-state index contributed by atoms with van der Waals surface area (Å²) in [5.41, 5.74) is 0.726. The Morgan fingerprint density at radius 1 is 1.12 bits per heavy atom. The summed E-state index contributed by atoms with van der Waals surface area (Å²) in [6, 6.07) is 7.57. The van der Waals surface area contributed by atoms with Crippen LogP contribution in [0.5, 0.6) is 0 Å². The minimum Gasteiger partial charge on any atom is -0.361 e. The lowest BCUT2D eigenvalue weighted by atomic mass is 10.1. The van der Waals surface area contributed by atoms with Crippen LogP contribution >= 0.6 is 11.6 Å². The molecule has 2 aromatic rings. The largest absolute Gasteiger partial charge is 0.361 e. The van der Waals surface area contributed by atoms with Crippen LogP contribution in [-0.4, -0.2) is 20.9 Å². The second-order valence-electron chi connectivity index (χ2n) is 6.45. The molecule has 138 valence electrons. The number of halogens is 1. The first-order chi connectivity index (χ1) is 12.6. The molecule has 7 nitrogen and oxygen atoms in total. The summed E-state index contributed by atoms with van der Waals surface area (Å²) < 4.78 is 0. The van der Waals surface area contributed by atoms with E-state index in [-0.39, 0.29) is 23.4 Å². The maximum Gasteiger partial charge on any atom is 0.353 e. The second kappa shape index (κ2) is 8.80. The number of anilines is 2. The molecule has 0 aliphatic heterocycles. The summed E-state index contributed by atoms with van der Waals surface area (Å²) in [7, 11) is 0. The zero-order chi connectivity index (χ0) is 18.4. The predicted molar refractivity (Wildman–Crippen MR) is 103 cm³/mol. The van der Waals surface area contributed by atoms with E-state index in [4.69, 9.17) is 11.6 Å². The van der Waals surface area contributed by atoms with E-state index < -0.39 is 4.92 Å². The van der Waals surface area contributed by atoms with Crippen molar-refractivity contribution in [1.82, 2.24) is 9.97 Å². The van der Waals surface area contributed by atoms with Gasteiger partial charge in [0.15, 0.2) is 0 Å². The van der Waals surface area contributed by atoms with Gasteiger partial charge in [-0.1, -0.05) is 55.5 Å². The Bertz CT molecular complexity index is 763. The molecule has 1 aromatic carbocycles. The average Bonchev–Trinajstić information content (AvgIpc) is 2.89. The van der Waals surface area contributed by atoms with Crippen LogP contribution in [0.3, 0.4) is 0 Å². The minimum atomic E-state index is -0.437. The van der Waals surface area contributed by atoms with E-state index >= 15 is 0 Å². The van der Waals surface area contributed by atoms with Crippen LogP contribution in [0.4, 0.5) is 17.3 Å². The first-order valence-corrected chi connectivity index (χ1v) is 9.26. The highest BCUT2D eigenvalue weighted by Gasteiger charge is 2.25. The van der Waals surface area contributed by atoms with Crippen LogP contribution in [0.1, 0.15) is 44.1 Å². The van der Waals surface area contributed by atoms with Gasteiger partial charge < -0.3 is 10.6 Å². The van der Waals surface area contributed by atoms with Crippen LogP contribution < -0.4 is 10.6 Å². The van der Waals surface area contributed by atoms with Crippen LogP contribution in [0.15, 0.2) is 30.6 Å². The van der Waals surface area contributed by atoms with Gasteiger partial charge in [0.05, 0.1) is 4.92 Å². The number of aromatic nitrogens is 2. The Hall–Kier alpha value is -2.41. The van der Waals surface area contributed by atoms with Crippen molar-refractivity contribution in [3.05, 3.63) is 51.3 Å². The molecule has 1 aliphatic carbocycles. The standard InChI is InChI=1S/C18H22ClN5O2/c19-15-10-6-5-7-13(15)11-20-17-16(24(25)26)18(22-12-21-17)23-14-8-3-1-2-4-9-14/h5-7,10,12,14H,1-4,8-9,11H2,(H2,20,21,22,23). The average molecular weight is 376 g/mol. The van der Waals surface area contributed by atoms with Crippen molar-refractivity contribution in [3.63, 3.8) is 0 Å². The van der Waals surface area contributed by atoms with Crippen molar-refractivity contribution in [2.24, 2.45) is 0 Å². The van der Waals surface area contributed by atoms with Gasteiger partial charge in [-0.05, 0) is 24.5 Å². The zero-order valence-electron chi connectivity index (χ0n) is 14.4. The quantitative estimate of drug-likeness (QED) is 0.428. The zero-order valence-corrected chi connectivity index (χ0v) is 15.2. The molecule has 1 aliphatic rings. The molecule has 0 spiro atoms. The first-order valence-electron chi connectivity index (χ1n) is 8.88. The fourth-order valence-electron chi connectivity index (χ4n) is 3.22. The number of hydrogen-bond acceptors (Lipinski definition) is 6. The molecule has 1 heterocycles. The molecule has 1 saturated carbocycles. The third kappa shape index (κ3) is 4.60. The highest BCUT2D eigenvalue weighted by atomic mass is 35.5. The highest BCUT2D eigenvalue weighted by Crippen LogP contribution is 2.31. The van der Waals surface area contributed by atoms with Gasteiger partial charge in [0.2, 0.25) is 11.6 Å². The fourth-order valence-corrected chi connectivity index (χ4v) is 3.43. The Morgan fingerprint density at radius 2 is 1.81 bits per heavy atom. The Labute approximate surface area is 157 Å². The van der Waals surface area contributed by atoms with Crippen molar-refractivity contribution in [1.29, 1.82) is 0 Å². The SMILES string of the molecule is O=[N+]([O-])c1c(NCc2ccccc2Cl)ncnc1NC1CCCCCC1. The monoisotopic (exact) mass is 375 g/mol. The summed E-state index contributed by atoms with van der Waals surface area (Å²) in [6.45, 7) is 0.348. The molecule has 8 heteroatoms. The number of benzene rings is 1. The Kier molecular flexibility index (Phi) is 6.22. The molecule has 0 atom stereocenters. The summed E-state index contributed by atoms with van der Waals surface area (Å²) in [6.07, 6.45) is 8.06. The Morgan fingerprint density at radius 3 is 2.50 bits per heavy atom. The molecule has 0 unspecified atom stereocenters. The lowest BCUT2D eigenvalue weighted by Gasteiger charge is -2.17. The fraction of sp³-hybridized carbons (Fsp3) is 0.444. The molecule has 2 N–H and O–H groups in total. The maximum atomic E-state index is 11.6. The Balaban J connectivity index is 1.79. The van der Waals surface area contributed by atoms with E-state index in [1.54, 1.807) is 6.07 Å². The molecule has 0 bridgehead atoms. The van der Waals surface area contributed by atoms with Crippen LogP contribution in [0.2, 0.25) is 5.02 Å². The minimum absolute atomic E-state index is 0.121. The molecule has 0 radical (unpaired) electrons. The van der Waals surface area contributed by atoms with Gasteiger partial charge in [-0.25, -0.2) is 9.97 Å². The van der Waals surface area contributed by atoms with E-state index in [1.165, 1.54) is 19.2 Å². The number of hydrogen-bond donors (Lipinski definition) is 2. The summed E-state index contributed by atoms with van der Waals surface area (Å²) in [4.78, 5) is 19.4. The lowest BCUT2D eigenvalue weighted by molar-refractivity contribution is -0.383. The molecule has 1 fully saturated rings. The number of nitro groups is 1. The lowest BCUT2D eigenvalue weighted by Crippen LogP contribution is -2.20. The van der Waals surface area contributed by atoms with Crippen LogP contribution in [-0.2, 0) is 6.54 Å². The summed E-state index contributed by atoms with van der Waals surface area (Å²) in [5.74, 6) is 0.472. The van der Waals surface area contributed by atoms with Crippen LogP contribution in [0.25, 0.3) is 0 Å². The van der Waals surface area contributed by atoms with Crippen molar-refractivity contribution in [2.75, 3.05) is 10.6 Å². The van der Waals surface area contributed by atoms with Crippen molar-refractivity contribution in [2.45, 2.75) is 51.1 Å². The van der Waals surface area contributed by atoms with Gasteiger partial charge >= 0.3 is 5.69 Å². The van der Waals surface area contributed by atoms with E-state index in [1.807, 2.05) is 18.2 Å². The van der Waals surface area contributed by atoms with Crippen molar-refractivity contribution >= 4 is 28.9 Å². The van der Waals surface area contributed by atoms with Gasteiger partial charge in [-0.15, -0.1) is 0 Å². The molecule has 1 aromatic heterocycles. The molecule has 0 saturated heterocycles. The summed E-state index contributed by atoms with van der Waals surface area (Å²) in [5, 5.41) is 18.5. The molecule has 0 amide bonds. The smallest absolute Gasteiger partial charge is 0.353 e. The van der Waals surface area contributed by atoms with E-state index in [0.29, 0.717) is 11.6 Å². The van der Waals surface area contributed by atoms with Crippen molar-refractivity contribution in [3.8, 4) is 0 Å².